The van der Waals surface area contributed by atoms with Gasteiger partial charge in [-0.05, 0) is 12.1 Å². The fourth-order valence-corrected chi connectivity index (χ4v) is 1.83. The zero-order valence-corrected chi connectivity index (χ0v) is 10.7. The summed E-state index contributed by atoms with van der Waals surface area (Å²) in [5.41, 5.74) is -0.976. The molecule has 0 bridgehead atoms. The third-order valence-corrected chi connectivity index (χ3v) is 3.73. The van der Waals surface area contributed by atoms with Crippen LogP contribution in [0.15, 0.2) is 18.3 Å². The number of carbonyl (C=O) groups excluding carboxylic acids is 1. The standard InChI is InChI=1S/C10H11F3N2O3S/c1-2-19(17,18)6-9(16)15-8-5-7(3-4-14-8)10(11,12)13/h3-5H,2,6H2,1H3,(H,14,15,16). The van der Waals surface area contributed by atoms with Gasteiger partial charge in [0.2, 0.25) is 5.91 Å². The van der Waals surface area contributed by atoms with Crippen molar-refractivity contribution < 1.29 is 26.4 Å². The lowest BCUT2D eigenvalue weighted by molar-refractivity contribution is -0.137. The van der Waals surface area contributed by atoms with E-state index in [1.165, 1.54) is 6.92 Å². The predicted molar refractivity (Wildman–Crippen MR) is 62.2 cm³/mol. The van der Waals surface area contributed by atoms with E-state index in [1.54, 1.807) is 0 Å². The molecule has 0 fully saturated rings. The lowest BCUT2D eigenvalue weighted by Crippen LogP contribution is -2.24. The summed E-state index contributed by atoms with van der Waals surface area (Å²) in [6.45, 7) is 1.37. The van der Waals surface area contributed by atoms with Crippen LogP contribution in [-0.2, 0) is 20.8 Å². The van der Waals surface area contributed by atoms with Gasteiger partial charge in [-0.2, -0.15) is 13.2 Å². The predicted octanol–water partition coefficient (Wildman–Crippen LogP) is 1.47. The van der Waals surface area contributed by atoms with Gasteiger partial charge in [0.1, 0.15) is 11.6 Å². The van der Waals surface area contributed by atoms with Gasteiger partial charge >= 0.3 is 6.18 Å². The van der Waals surface area contributed by atoms with Crippen molar-refractivity contribution in [2.75, 3.05) is 16.8 Å². The SMILES string of the molecule is CCS(=O)(=O)CC(=O)Nc1cc(C(F)(F)F)ccn1. The summed E-state index contributed by atoms with van der Waals surface area (Å²) >= 11 is 0. The maximum absolute atomic E-state index is 12.4. The van der Waals surface area contributed by atoms with Gasteiger partial charge in [0.15, 0.2) is 9.84 Å². The number of hydrogen-bond donors (Lipinski definition) is 1. The molecular weight excluding hydrogens is 285 g/mol. The lowest BCUT2D eigenvalue weighted by Gasteiger charge is -2.08. The number of hydrogen-bond acceptors (Lipinski definition) is 4. The van der Waals surface area contributed by atoms with Crippen molar-refractivity contribution in [1.82, 2.24) is 4.98 Å². The molecule has 0 spiro atoms. The highest BCUT2D eigenvalue weighted by Crippen LogP contribution is 2.29. The number of amides is 1. The van der Waals surface area contributed by atoms with Crippen molar-refractivity contribution in [2.24, 2.45) is 0 Å². The molecule has 1 rings (SSSR count). The minimum Gasteiger partial charge on any atom is -0.310 e. The number of anilines is 1. The molecule has 0 saturated heterocycles. The Labute approximate surface area is 107 Å². The molecule has 0 unspecified atom stereocenters. The second kappa shape index (κ2) is 5.55. The molecule has 19 heavy (non-hydrogen) atoms. The molecule has 9 heteroatoms. The Hall–Kier alpha value is -1.64. The Morgan fingerprint density at radius 2 is 2.05 bits per heavy atom. The first kappa shape index (κ1) is 15.4. The van der Waals surface area contributed by atoms with Gasteiger partial charge in [-0.25, -0.2) is 13.4 Å². The number of aromatic nitrogens is 1. The number of alkyl halides is 3. The van der Waals surface area contributed by atoms with E-state index in [9.17, 15) is 26.4 Å². The maximum atomic E-state index is 12.4. The Bertz CT molecular complexity index is 570. The molecule has 0 atom stereocenters. The number of sulfone groups is 1. The van der Waals surface area contributed by atoms with Gasteiger partial charge in [-0.3, -0.25) is 4.79 Å². The average molecular weight is 296 g/mol. The van der Waals surface area contributed by atoms with Gasteiger partial charge < -0.3 is 5.32 Å². The smallest absolute Gasteiger partial charge is 0.310 e. The van der Waals surface area contributed by atoms with Crippen LogP contribution in [0, 0.1) is 0 Å². The largest absolute Gasteiger partial charge is 0.416 e. The van der Waals surface area contributed by atoms with Crippen LogP contribution in [0.4, 0.5) is 19.0 Å². The van der Waals surface area contributed by atoms with Crippen molar-refractivity contribution in [2.45, 2.75) is 13.1 Å². The van der Waals surface area contributed by atoms with E-state index in [0.717, 1.165) is 12.3 Å². The zero-order chi connectivity index (χ0) is 14.7. The van der Waals surface area contributed by atoms with Crippen LogP contribution in [0.25, 0.3) is 0 Å². The minimum absolute atomic E-state index is 0.226. The highest BCUT2D eigenvalue weighted by molar-refractivity contribution is 7.92. The van der Waals surface area contributed by atoms with E-state index in [2.05, 4.69) is 4.98 Å². The number of nitrogens with one attached hydrogen (secondary N) is 1. The Morgan fingerprint density at radius 1 is 1.42 bits per heavy atom. The lowest BCUT2D eigenvalue weighted by atomic mass is 10.2. The highest BCUT2D eigenvalue weighted by atomic mass is 32.2. The maximum Gasteiger partial charge on any atom is 0.416 e. The second-order valence-electron chi connectivity index (χ2n) is 3.65. The molecule has 106 valence electrons. The Kier molecular flexibility index (Phi) is 4.51. The van der Waals surface area contributed by atoms with Gasteiger partial charge in [0.25, 0.3) is 0 Å². The van der Waals surface area contributed by atoms with Crippen LogP contribution in [0.2, 0.25) is 0 Å². The molecule has 0 radical (unpaired) electrons. The van der Waals surface area contributed by atoms with Crippen molar-refractivity contribution in [3.63, 3.8) is 0 Å². The molecular formula is C10H11F3N2O3S. The van der Waals surface area contributed by atoms with Crippen LogP contribution in [0.1, 0.15) is 12.5 Å². The summed E-state index contributed by atoms with van der Waals surface area (Å²) < 4.78 is 59.5. The van der Waals surface area contributed by atoms with E-state index < -0.39 is 33.2 Å². The molecule has 1 heterocycles. The highest BCUT2D eigenvalue weighted by Gasteiger charge is 2.30. The van der Waals surface area contributed by atoms with Crippen LogP contribution >= 0.6 is 0 Å². The first-order valence-corrected chi connectivity index (χ1v) is 6.99. The van der Waals surface area contributed by atoms with Crippen LogP contribution < -0.4 is 5.32 Å². The van der Waals surface area contributed by atoms with E-state index in [-0.39, 0.29) is 11.6 Å². The van der Waals surface area contributed by atoms with Gasteiger partial charge in [0, 0.05) is 11.9 Å². The molecule has 0 aliphatic heterocycles. The van der Waals surface area contributed by atoms with E-state index >= 15 is 0 Å². The minimum atomic E-state index is -4.56. The van der Waals surface area contributed by atoms with Gasteiger partial charge in [-0.1, -0.05) is 6.92 Å². The number of rotatable bonds is 4. The number of halogens is 3. The first-order chi connectivity index (χ1) is 8.64. The molecule has 1 N–H and O–H groups in total. The fourth-order valence-electron chi connectivity index (χ4n) is 1.16. The van der Waals surface area contributed by atoms with Crippen LogP contribution in [0.5, 0.6) is 0 Å². The molecule has 0 aliphatic rings. The summed E-state index contributed by atoms with van der Waals surface area (Å²) in [6, 6.07) is 1.38. The van der Waals surface area contributed by atoms with Crippen LogP contribution in [-0.4, -0.2) is 30.8 Å². The summed E-state index contributed by atoms with van der Waals surface area (Å²) in [6.07, 6.45) is -3.68. The molecule has 0 aromatic carbocycles. The second-order valence-corrected chi connectivity index (χ2v) is 6.01. The van der Waals surface area contributed by atoms with Gasteiger partial charge in [-0.15, -0.1) is 0 Å². The number of nitrogens with zero attached hydrogens (tertiary/aromatic N) is 1. The fraction of sp³-hybridized carbons (Fsp3) is 0.400. The Balaban J connectivity index is 2.81. The molecule has 0 saturated carbocycles. The molecule has 0 aliphatic carbocycles. The van der Waals surface area contributed by atoms with E-state index in [0.29, 0.717) is 6.07 Å². The molecule has 5 nitrogen and oxygen atoms in total. The number of carbonyl (C=O) groups is 1. The normalized spacial score (nSPS) is 12.2. The van der Waals surface area contributed by atoms with Crippen molar-refractivity contribution >= 4 is 21.6 Å². The summed E-state index contributed by atoms with van der Waals surface area (Å²) in [5.74, 6) is -2.28. The monoisotopic (exact) mass is 296 g/mol. The van der Waals surface area contributed by atoms with Crippen LogP contribution in [0.3, 0.4) is 0 Å². The van der Waals surface area contributed by atoms with Crippen molar-refractivity contribution in [1.29, 1.82) is 0 Å². The zero-order valence-electron chi connectivity index (χ0n) is 9.86. The van der Waals surface area contributed by atoms with E-state index in [4.69, 9.17) is 0 Å². The topological polar surface area (TPSA) is 76.1 Å². The summed E-state index contributed by atoms with van der Waals surface area (Å²) in [5, 5.41) is 2.02. The molecule has 1 aromatic rings. The Morgan fingerprint density at radius 3 is 2.58 bits per heavy atom. The van der Waals surface area contributed by atoms with Crippen molar-refractivity contribution in [3.05, 3.63) is 23.9 Å². The average Bonchev–Trinajstić information content (AvgIpc) is 2.27. The van der Waals surface area contributed by atoms with E-state index in [1.807, 2.05) is 5.32 Å². The third kappa shape index (κ3) is 4.86. The number of pyridine rings is 1. The van der Waals surface area contributed by atoms with Gasteiger partial charge in [0.05, 0.1) is 5.56 Å². The first-order valence-electron chi connectivity index (χ1n) is 5.17. The van der Waals surface area contributed by atoms with Crippen molar-refractivity contribution in [3.8, 4) is 0 Å². The quantitative estimate of drug-likeness (QED) is 0.913. The summed E-state index contributed by atoms with van der Waals surface area (Å²) in [7, 11) is -3.54. The molecule has 1 aromatic heterocycles. The molecule has 1 amide bonds. The summed E-state index contributed by atoms with van der Waals surface area (Å²) in [4.78, 5) is 14.9. The third-order valence-electron chi connectivity index (χ3n) is 2.15.